The summed E-state index contributed by atoms with van der Waals surface area (Å²) < 4.78 is 0. The summed E-state index contributed by atoms with van der Waals surface area (Å²) in [4.78, 5) is 4.95. The van der Waals surface area contributed by atoms with Crippen molar-refractivity contribution in [3.05, 3.63) is 0 Å². The molecule has 1 unspecified atom stereocenters. The largest absolute Gasteiger partial charge is 0.311 e. The third-order valence-corrected chi connectivity index (χ3v) is 3.42. The zero-order valence-corrected chi connectivity index (χ0v) is 12.4. The molecule has 1 heterocycles. The second kappa shape index (κ2) is 6.72. The van der Waals surface area contributed by atoms with Gasteiger partial charge in [-0.25, -0.2) is 0 Å². The smallest absolute Gasteiger partial charge is 0.0221 e. The Kier molecular flexibility index (Phi) is 5.90. The highest BCUT2D eigenvalue weighted by Gasteiger charge is 2.24. The van der Waals surface area contributed by atoms with Gasteiger partial charge in [-0.05, 0) is 73.8 Å². The van der Waals surface area contributed by atoms with Crippen LogP contribution in [0.1, 0.15) is 40.0 Å². The van der Waals surface area contributed by atoms with Crippen LogP contribution in [-0.4, -0.2) is 61.7 Å². The Morgan fingerprint density at radius 1 is 1.29 bits per heavy atom. The number of nitrogens with one attached hydrogen (secondary N) is 1. The van der Waals surface area contributed by atoms with Crippen molar-refractivity contribution >= 4 is 0 Å². The van der Waals surface area contributed by atoms with Gasteiger partial charge in [0.15, 0.2) is 0 Å². The Bertz CT molecular complexity index is 208. The maximum atomic E-state index is 3.64. The molecule has 0 aromatic carbocycles. The maximum absolute atomic E-state index is 3.64. The SMILES string of the molecule is CN(C)CCCN1CCCC1CNC(C)(C)C. The van der Waals surface area contributed by atoms with Gasteiger partial charge in [0.05, 0.1) is 0 Å². The quantitative estimate of drug-likeness (QED) is 0.765. The normalized spacial score (nSPS) is 22.6. The van der Waals surface area contributed by atoms with Crippen molar-refractivity contribution in [1.29, 1.82) is 0 Å². The number of hydrogen-bond donors (Lipinski definition) is 1. The van der Waals surface area contributed by atoms with Gasteiger partial charge in [-0.1, -0.05) is 0 Å². The highest BCUT2D eigenvalue weighted by molar-refractivity contribution is 4.83. The predicted molar refractivity (Wildman–Crippen MR) is 75.5 cm³/mol. The van der Waals surface area contributed by atoms with Gasteiger partial charge in [0.1, 0.15) is 0 Å². The first kappa shape index (κ1) is 14.9. The van der Waals surface area contributed by atoms with Gasteiger partial charge in [-0.15, -0.1) is 0 Å². The predicted octanol–water partition coefficient (Wildman–Crippen LogP) is 1.79. The van der Waals surface area contributed by atoms with Crippen LogP contribution in [0.2, 0.25) is 0 Å². The van der Waals surface area contributed by atoms with Crippen LogP contribution in [0.4, 0.5) is 0 Å². The molecule has 102 valence electrons. The van der Waals surface area contributed by atoms with Gasteiger partial charge < -0.3 is 10.2 Å². The Balaban J connectivity index is 2.24. The van der Waals surface area contributed by atoms with Crippen LogP contribution >= 0.6 is 0 Å². The minimum absolute atomic E-state index is 0.248. The molecule has 1 atom stereocenters. The Morgan fingerprint density at radius 2 is 2.00 bits per heavy atom. The maximum Gasteiger partial charge on any atom is 0.0221 e. The molecule has 3 heteroatoms. The molecule has 1 N–H and O–H groups in total. The summed E-state index contributed by atoms with van der Waals surface area (Å²) in [5.74, 6) is 0. The summed E-state index contributed by atoms with van der Waals surface area (Å²) in [7, 11) is 4.31. The lowest BCUT2D eigenvalue weighted by atomic mass is 10.1. The lowest BCUT2D eigenvalue weighted by Gasteiger charge is -2.29. The molecule has 1 aliphatic rings. The van der Waals surface area contributed by atoms with E-state index in [0.717, 1.165) is 12.6 Å². The zero-order chi connectivity index (χ0) is 12.9. The summed E-state index contributed by atoms with van der Waals surface area (Å²) in [6.07, 6.45) is 4.03. The minimum atomic E-state index is 0.248. The van der Waals surface area contributed by atoms with Crippen molar-refractivity contribution in [2.24, 2.45) is 0 Å². The Hall–Kier alpha value is -0.120. The molecule has 3 nitrogen and oxygen atoms in total. The average Bonchev–Trinajstić information content (AvgIpc) is 2.61. The zero-order valence-electron chi connectivity index (χ0n) is 12.4. The fraction of sp³-hybridized carbons (Fsp3) is 1.00. The fourth-order valence-electron chi connectivity index (χ4n) is 2.43. The van der Waals surface area contributed by atoms with E-state index in [1.54, 1.807) is 0 Å². The van der Waals surface area contributed by atoms with Gasteiger partial charge in [-0.3, -0.25) is 4.90 Å². The summed E-state index contributed by atoms with van der Waals surface area (Å²) in [5.41, 5.74) is 0.248. The average molecular weight is 241 g/mol. The van der Waals surface area contributed by atoms with Crippen molar-refractivity contribution in [2.75, 3.05) is 40.3 Å². The number of nitrogens with zero attached hydrogens (tertiary/aromatic N) is 2. The van der Waals surface area contributed by atoms with Crippen LogP contribution in [-0.2, 0) is 0 Å². The molecule has 0 bridgehead atoms. The van der Waals surface area contributed by atoms with E-state index in [9.17, 15) is 0 Å². The first-order valence-corrected chi connectivity index (χ1v) is 7.02. The highest BCUT2D eigenvalue weighted by Crippen LogP contribution is 2.17. The van der Waals surface area contributed by atoms with E-state index >= 15 is 0 Å². The number of likely N-dealkylation sites (tertiary alicyclic amines) is 1. The molecule has 0 radical (unpaired) electrons. The second-order valence-corrected chi connectivity index (χ2v) is 6.62. The molecule has 0 spiro atoms. The topological polar surface area (TPSA) is 18.5 Å². The molecule has 0 aromatic rings. The van der Waals surface area contributed by atoms with Crippen molar-refractivity contribution in [1.82, 2.24) is 15.1 Å². The van der Waals surface area contributed by atoms with Gasteiger partial charge in [0.25, 0.3) is 0 Å². The van der Waals surface area contributed by atoms with Crippen LogP contribution in [0.5, 0.6) is 0 Å². The van der Waals surface area contributed by atoms with Gasteiger partial charge in [-0.2, -0.15) is 0 Å². The first-order valence-electron chi connectivity index (χ1n) is 7.02. The van der Waals surface area contributed by atoms with E-state index in [4.69, 9.17) is 0 Å². The lowest BCUT2D eigenvalue weighted by molar-refractivity contribution is 0.222. The van der Waals surface area contributed by atoms with Crippen molar-refractivity contribution in [3.8, 4) is 0 Å². The molecular weight excluding hydrogens is 210 g/mol. The molecule has 1 aliphatic heterocycles. The first-order chi connectivity index (χ1) is 7.88. The van der Waals surface area contributed by atoms with Crippen molar-refractivity contribution < 1.29 is 0 Å². The summed E-state index contributed by atoms with van der Waals surface area (Å²) in [6, 6.07) is 0.761. The number of rotatable bonds is 6. The summed E-state index contributed by atoms with van der Waals surface area (Å²) in [6.45, 7) is 11.6. The molecule has 1 saturated heterocycles. The molecule has 1 fully saturated rings. The van der Waals surface area contributed by atoms with E-state index in [1.165, 1.54) is 38.9 Å². The molecule has 0 amide bonds. The minimum Gasteiger partial charge on any atom is -0.311 e. The van der Waals surface area contributed by atoms with Crippen LogP contribution in [0.15, 0.2) is 0 Å². The van der Waals surface area contributed by atoms with E-state index in [1.807, 2.05) is 0 Å². The van der Waals surface area contributed by atoms with Crippen LogP contribution < -0.4 is 5.32 Å². The fourth-order valence-corrected chi connectivity index (χ4v) is 2.43. The van der Waals surface area contributed by atoms with E-state index in [2.05, 4.69) is 50.0 Å². The Labute approximate surface area is 108 Å². The highest BCUT2D eigenvalue weighted by atomic mass is 15.2. The molecule has 0 aliphatic carbocycles. The van der Waals surface area contributed by atoms with E-state index in [-0.39, 0.29) is 5.54 Å². The molecule has 0 aromatic heterocycles. The molecule has 1 rings (SSSR count). The van der Waals surface area contributed by atoms with Gasteiger partial charge in [0.2, 0.25) is 0 Å². The van der Waals surface area contributed by atoms with Crippen molar-refractivity contribution in [2.45, 2.75) is 51.6 Å². The summed E-state index contributed by atoms with van der Waals surface area (Å²) in [5, 5.41) is 3.64. The third kappa shape index (κ3) is 6.39. The van der Waals surface area contributed by atoms with Crippen molar-refractivity contribution in [3.63, 3.8) is 0 Å². The van der Waals surface area contributed by atoms with E-state index < -0.39 is 0 Å². The van der Waals surface area contributed by atoms with Gasteiger partial charge >= 0.3 is 0 Å². The number of hydrogen-bond acceptors (Lipinski definition) is 3. The monoisotopic (exact) mass is 241 g/mol. The van der Waals surface area contributed by atoms with Gasteiger partial charge in [0, 0.05) is 18.1 Å². The van der Waals surface area contributed by atoms with Crippen LogP contribution in [0.3, 0.4) is 0 Å². The second-order valence-electron chi connectivity index (χ2n) is 6.62. The Morgan fingerprint density at radius 3 is 2.59 bits per heavy atom. The molecular formula is C14H31N3. The summed E-state index contributed by atoms with van der Waals surface area (Å²) >= 11 is 0. The standard InChI is InChI=1S/C14H31N3/c1-14(2,3)15-12-13-8-6-10-17(13)11-7-9-16(4)5/h13,15H,6-12H2,1-5H3. The third-order valence-electron chi connectivity index (χ3n) is 3.42. The van der Waals surface area contributed by atoms with Crippen LogP contribution in [0.25, 0.3) is 0 Å². The molecule has 0 saturated carbocycles. The van der Waals surface area contributed by atoms with Crippen LogP contribution in [0, 0.1) is 0 Å². The van der Waals surface area contributed by atoms with E-state index in [0.29, 0.717) is 0 Å². The molecule has 17 heavy (non-hydrogen) atoms. The lowest BCUT2D eigenvalue weighted by Crippen LogP contribution is -2.45.